The number of hydrogen-bond donors (Lipinski definition) is 2. The number of morpholine rings is 1. The highest BCUT2D eigenvalue weighted by Gasteiger charge is 2.36. The maximum absolute atomic E-state index is 13.0. The van der Waals surface area contributed by atoms with Crippen LogP contribution in [0.15, 0.2) is 24.3 Å². The van der Waals surface area contributed by atoms with Crippen molar-refractivity contribution in [3.8, 4) is 5.75 Å². The van der Waals surface area contributed by atoms with Gasteiger partial charge in [0.1, 0.15) is 11.8 Å². The van der Waals surface area contributed by atoms with Crippen molar-refractivity contribution in [2.45, 2.75) is 45.9 Å². The molecule has 1 heterocycles. The van der Waals surface area contributed by atoms with Crippen LogP contribution in [0.2, 0.25) is 0 Å². The summed E-state index contributed by atoms with van der Waals surface area (Å²) in [5.74, 6) is -1.29. The summed E-state index contributed by atoms with van der Waals surface area (Å²) >= 11 is 0. The smallest absolute Gasteiger partial charge is 0.334 e. The van der Waals surface area contributed by atoms with Crippen LogP contribution in [0.4, 0.5) is 0 Å². The Bertz CT molecular complexity index is 703. The Balaban J connectivity index is 2.10. The Morgan fingerprint density at radius 2 is 1.89 bits per heavy atom. The van der Waals surface area contributed by atoms with Crippen molar-refractivity contribution in [2.75, 3.05) is 19.7 Å². The molecule has 0 radical (unpaired) electrons. The number of carbonyl (C=O) groups is 3. The molecule has 1 aromatic carbocycles. The molecule has 0 aliphatic carbocycles. The van der Waals surface area contributed by atoms with Crippen molar-refractivity contribution >= 4 is 17.8 Å². The number of hydrogen-bond acceptors (Lipinski definition) is 5. The first-order chi connectivity index (χ1) is 13.2. The number of aliphatic carboxylic acids is 1. The molecule has 1 fully saturated rings. The quantitative estimate of drug-likeness (QED) is 0.729. The lowest BCUT2D eigenvalue weighted by Gasteiger charge is -2.37. The zero-order valence-electron chi connectivity index (χ0n) is 16.7. The highest BCUT2D eigenvalue weighted by molar-refractivity contribution is 5.97. The van der Waals surface area contributed by atoms with Crippen LogP contribution < -0.4 is 10.1 Å². The summed E-state index contributed by atoms with van der Waals surface area (Å²) in [5, 5.41) is 12.0. The molecule has 1 aromatic rings. The van der Waals surface area contributed by atoms with E-state index in [1.54, 1.807) is 31.2 Å². The van der Waals surface area contributed by atoms with E-state index in [1.807, 2.05) is 20.8 Å². The molecule has 1 aliphatic heterocycles. The monoisotopic (exact) mass is 392 g/mol. The molecule has 2 amide bonds. The van der Waals surface area contributed by atoms with Crippen molar-refractivity contribution in [3.05, 3.63) is 29.8 Å². The van der Waals surface area contributed by atoms with Gasteiger partial charge in [-0.15, -0.1) is 0 Å². The summed E-state index contributed by atoms with van der Waals surface area (Å²) in [7, 11) is 0. The predicted molar refractivity (Wildman–Crippen MR) is 102 cm³/mol. The molecule has 0 bridgehead atoms. The first-order valence-corrected chi connectivity index (χ1v) is 9.43. The summed E-state index contributed by atoms with van der Waals surface area (Å²) in [5.41, 5.74) is 0.417. The average molecular weight is 392 g/mol. The molecule has 2 N–H and O–H groups in total. The van der Waals surface area contributed by atoms with E-state index < -0.39 is 24.2 Å². The van der Waals surface area contributed by atoms with Gasteiger partial charge < -0.3 is 24.8 Å². The van der Waals surface area contributed by atoms with Crippen molar-refractivity contribution in [3.63, 3.8) is 0 Å². The van der Waals surface area contributed by atoms with Gasteiger partial charge >= 0.3 is 5.97 Å². The standard InChI is InChI=1S/C20H28N2O6/c1-5-27-15-8-6-14(7-9-15)18(23)21-17(12(2)3)19(24)22-10-13(4)28-16(11-22)20(25)26/h6-9,12-13,16-17H,5,10-11H2,1-4H3,(H,21,23)(H,25,26)/t13-,16?,17?/m1/s1. The lowest BCUT2D eigenvalue weighted by atomic mass is 10.0. The van der Waals surface area contributed by atoms with Crippen LogP contribution in [0, 0.1) is 5.92 Å². The SMILES string of the molecule is CCOc1ccc(C(=O)NC(C(=O)N2CC(C(=O)O)O[C@H](C)C2)C(C)C)cc1. The Hall–Kier alpha value is -2.61. The molecule has 1 saturated heterocycles. The molecule has 8 heteroatoms. The minimum absolute atomic E-state index is 0.0410. The van der Waals surface area contributed by atoms with Crippen LogP contribution in [0.5, 0.6) is 5.75 Å². The predicted octanol–water partition coefficient (Wildman–Crippen LogP) is 1.54. The number of amides is 2. The van der Waals surface area contributed by atoms with Crippen LogP contribution in [-0.4, -0.2) is 65.7 Å². The molecule has 154 valence electrons. The van der Waals surface area contributed by atoms with Gasteiger partial charge in [0.05, 0.1) is 19.3 Å². The van der Waals surface area contributed by atoms with Crippen molar-refractivity contribution in [1.82, 2.24) is 10.2 Å². The summed E-state index contributed by atoms with van der Waals surface area (Å²) in [4.78, 5) is 38.3. The molecule has 28 heavy (non-hydrogen) atoms. The highest BCUT2D eigenvalue weighted by atomic mass is 16.5. The molecule has 0 aromatic heterocycles. The molecule has 3 atom stereocenters. The van der Waals surface area contributed by atoms with Crippen molar-refractivity contribution in [1.29, 1.82) is 0 Å². The summed E-state index contributed by atoms with van der Waals surface area (Å²) in [6, 6.07) is 5.91. The third-order valence-electron chi connectivity index (χ3n) is 4.49. The topological polar surface area (TPSA) is 105 Å². The molecular formula is C20H28N2O6. The fourth-order valence-electron chi connectivity index (χ4n) is 3.07. The van der Waals surface area contributed by atoms with Crippen LogP contribution in [0.3, 0.4) is 0 Å². The Morgan fingerprint density at radius 3 is 2.43 bits per heavy atom. The average Bonchev–Trinajstić information content (AvgIpc) is 2.65. The number of carboxylic acids is 1. The zero-order valence-corrected chi connectivity index (χ0v) is 16.7. The number of ether oxygens (including phenoxy) is 2. The van der Waals surface area contributed by atoms with E-state index in [2.05, 4.69) is 5.32 Å². The first-order valence-electron chi connectivity index (χ1n) is 9.43. The van der Waals surface area contributed by atoms with Crippen molar-refractivity contribution < 1.29 is 29.0 Å². The van der Waals surface area contributed by atoms with Crippen molar-refractivity contribution in [2.24, 2.45) is 5.92 Å². The van der Waals surface area contributed by atoms with Gasteiger partial charge in [-0.2, -0.15) is 0 Å². The normalized spacial score (nSPS) is 20.5. The zero-order chi connectivity index (χ0) is 20.8. The maximum Gasteiger partial charge on any atom is 0.334 e. The van der Waals surface area contributed by atoms with Gasteiger partial charge in [0.15, 0.2) is 6.10 Å². The van der Waals surface area contributed by atoms with Gasteiger partial charge in [0.25, 0.3) is 5.91 Å². The lowest BCUT2D eigenvalue weighted by molar-refractivity contribution is -0.167. The first kappa shape index (κ1) is 21.7. The fourth-order valence-corrected chi connectivity index (χ4v) is 3.07. The molecular weight excluding hydrogens is 364 g/mol. The minimum atomic E-state index is -1.11. The maximum atomic E-state index is 13.0. The summed E-state index contributed by atoms with van der Waals surface area (Å²) in [6.45, 7) is 8.04. The second-order valence-corrected chi connectivity index (χ2v) is 7.17. The van der Waals surface area contributed by atoms with Gasteiger partial charge in [-0.1, -0.05) is 13.8 Å². The third kappa shape index (κ3) is 5.45. The second kappa shape index (κ2) is 9.54. The Morgan fingerprint density at radius 1 is 1.25 bits per heavy atom. The van der Waals surface area contributed by atoms with Gasteiger partial charge in [-0.3, -0.25) is 9.59 Å². The molecule has 8 nitrogen and oxygen atoms in total. The van der Waals surface area contributed by atoms with Gasteiger partial charge in [0, 0.05) is 12.1 Å². The number of benzene rings is 1. The van der Waals surface area contributed by atoms with Gasteiger partial charge in [0.2, 0.25) is 5.91 Å². The van der Waals surface area contributed by atoms with Crippen LogP contribution in [0.1, 0.15) is 38.1 Å². The van der Waals surface area contributed by atoms with Crippen LogP contribution in [0.25, 0.3) is 0 Å². The number of carbonyl (C=O) groups excluding carboxylic acids is 2. The minimum Gasteiger partial charge on any atom is -0.494 e. The lowest BCUT2D eigenvalue weighted by Crippen LogP contribution is -2.58. The second-order valence-electron chi connectivity index (χ2n) is 7.17. The van der Waals surface area contributed by atoms with Crippen LogP contribution >= 0.6 is 0 Å². The van der Waals surface area contributed by atoms with E-state index in [9.17, 15) is 19.5 Å². The Labute approximate surface area is 164 Å². The molecule has 1 aliphatic rings. The molecule has 0 spiro atoms. The van der Waals surface area contributed by atoms with E-state index in [4.69, 9.17) is 9.47 Å². The van der Waals surface area contributed by atoms with E-state index in [-0.39, 0.29) is 30.8 Å². The Kier molecular flexibility index (Phi) is 7.39. The number of nitrogens with zero attached hydrogens (tertiary/aromatic N) is 1. The number of nitrogens with one attached hydrogen (secondary N) is 1. The van der Waals surface area contributed by atoms with E-state index in [1.165, 1.54) is 4.90 Å². The highest BCUT2D eigenvalue weighted by Crippen LogP contribution is 2.17. The summed E-state index contributed by atoms with van der Waals surface area (Å²) in [6.07, 6.45) is -1.46. The van der Waals surface area contributed by atoms with Gasteiger partial charge in [-0.25, -0.2) is 4.79 Å². The number of rotatable bonds is 7. The van der Waals surface area contributed by atoms with E-state index in [0.717, 1.165) is 0 Å². The largest absolute Gasteiger partial charge is 0.494 e. The van der Waals surface area contributed by atoms with Gasteiger partial charge in [-0.05, 0) is 44.0 Å². The van der Waals surface area contributed by atoms with E-state index in [0.29, 0.717) is 17.9 Å². The summed E-state index contributed by atoms with van der Waals surface area (Å²) < 4.78 is 10.7. The third-order valence-corrected chi connectivity index (χ3v) is 4.49. The van der Waals surface area contributed by atoms with Crippen LogP contribution in [-0.2, 0) is 14.3 Å². The van der Waals surface area contributed by atoms with E-state index >= 15 is 0 Å². The number of carboxylic acid groups (broad SMARTS) is 1. The molecule has 0 saturated carbocycles. The molecule has 2 unspecified atom stereocenters. The fraction of sp³-hybridized carbons (Fsp3) is 0.550. The molecule has 2 rings (SSSR count).